The molecular weight excluding hydrogens is 338 g/mol. The van der Waals surface area contributed by atoms with Crippen LogP contribution in [-0.4, -0.2) is 82.7 Å². The Morgan fingerprint density at radius 3 is 2.36 bits per heavy atom. The van der Waals surface area contributed by atoms with Crippen LogP contribution < -0.4 is 0 Å². The zero-order chi connectivity index (χ0) is 16.6. The highest BCUT2D eigenvalue weighted by Gasteiger charge is 2.46. The van der Waals surface area contributed by atoms with Crippen LogP contribution in [0.1, 0.15) is 6.92 Å². The zero-order valence-corrected chi connectivity index (χ0v) is 14.3. The Labute approximate surface area is 135 Å². The summed E-state index contributed by atoms with van der Waals surface area (Å²) in [7, 11) is -1.85. The van der Waals surface area contributed by atoms with Gasteiger partial charge in [0.05, 0.1) is 44.5 Å². The van der Waals surface area contributed by atoms with E-state index in [1.165, 1.54) is 0 Å². The molecule has 0 aromatic rings. The molecule has 8 nitrogen and oxygen atoms in total. The summed E-state index contributed by atoms with van der Waals surface area (Å²) in [5.41, 5.74) is -1.05. The van der Waals surface area contributed by atoms with E-state index in [0.29, 0.717) is 26.4 Å². The van der Waals surface area contributed by atoms with Gasteiger partial charge < -0.3 is 18.9 Å². The number of hydrogen-bond acceptors (Lipinski definition) is 7. The third-order valence-corrected chi connectivity index (χ3v) is 5.41. The van der Waals surface area contributed by atoms with E-state index in [1.807, 2.05) is 0 Å². The predicted octanol–water partition coefficient (Wildman–Crippen LogP) is 0.446. The van der Waals surface area contributed by atoms with Gasteiger partial charge in [0, 0.05) is 18.9 Å². The molecule has 0 N–H and O–H groups in total. The van der Waals surface area contributed by atoms with Crippen LogP contribution in [0, 0.1) is 0 Å². The number of cyclic esters (lactones) is 1. The van der Waals surface area contributed by atoms with Gasteiger partial charge in [-0.05, 0) is 6.92 Å². The Morgan fingerprint density at radius 2 is 1.82 bits per heavy atom. The van der Waals surface area contributed by atoms with Crippen molar-refractivity contribution in [1.82, 2.24) is 4.42 Å². The molecule has 22 heavy (non-hydrogen) atoms. The molecule has 1 amide bonds. The molecule has 0 spiro atoms. The number of carbonyl (C=O) groups is 1. The molecular formula is C12H22ClNO7S. The number of methoxy groups -OCH3 is 1. The van der Waals surface area contributed by atoms with E-state index in [0.717, 1.165) is 4.42 Å². The summed E-state index contributed by atoms with van der Waals surface area (Å²) in [6, 6.07) is 0. The van der Waals surface area contributed by atoms with Crippen LogP contribution in [0.25, 0.3) is 0 Å². The summed E-state index contributed by atoms with van der Waals surface area (Å²) in [6.45, 7) is 3.22. The molecule has 0 bridgehead atoms. The fourth-order valence-electron chi connectivity index (χ4n) is 1.85. The summed E-state index contributed by atoms with van der Waals surface area (Å²) in [5, 5.41) is 0. The highest BCUT2D eigenvalue weighted by atomic mass is 35.5. The summed E-state index contributed by atoms with van der Waals surface area (Å²) < 4.78 is 44.8. The first-order valence-electron chi connectivity index (χ1n) is 6.78. The maximum Gasteiger partial charge on any atom is 0.425 e. The molecule has 1 aliphatic heterocycles. The fourth-order valence-corrected chi connectivity index (χ4v) is 3.75. The van der Waals surface area contributed by atoms with Gasteiger partial charge in [0.15, 0.2) is 9.84 Å². The minimum absolute atomic E-state index is 0.0528. The largest absolute Gasteiger partial charge is 0.446 e. The molecule has 0 aromatic carbocycles. The Balaban J connectivity index is 2.23. The second kappa shape index (κ2) is 8.88. The minimum Gasteiger partial charge on any atom is -0.446 e. The Bertz CT molecular complexity index is 458. The molecule has 0 aromatic heterocycles. The Hall–Kier alpha value is -0.610. The number of halogens is 1. The first-order valence-corrected chi connectivity index (χ1v) is 8.94. The smallest absolute Gasteiger partial charge is 0.425 e. The van der Waals surface area contributed by atoms with Gasteiger partial charge in [-0.25, -0.2) is 17.6 Å². The lowest BCUT2D eigenvalue weighted by atomic mass is 10.1. The molecule has 0 aliphatic carbocycles. The summed E-state index contributed by atoms with van der Waals surface area (Å²) in [4.78, 5) is 11.2. The highest BCUT2D eigenvalue weighted by Crippen LogP contribution is 2.27. The normalized spacial score (nSPS) is 22.1. The number of rotatable bonds is 11. The average molecular weight is 360 g/mol. The van der Waals surface area contributed by atoms with Crippen LogP contribution in [0.5, 0.6) is 0 Å². The molecule has 1 aliphatic rings. The van der Waals surface area contributed by atoms with Gasteiger partial charge in [0.25, 0.3) is 0 Å². The number of carbonyl (C=O) groups excluding carboxylic acids is 1. The van der Waals surface area contributed by atoms with Crippen LogP contribution in [0.4, 0.5) is 4.79 Å². The first-order chi connectivity index (χ1) is 10.3. The van der Waals surface area contributed by atoms with Crippen LogP contribution in [0.15, 0.2) is 0 Å². The molecule has 0 radical (unpaired) electrons. The van der Waals surface area contributed by atoms with Gasteiger partial charge in [0.2, 0.25) is 0 Å². The van der Waals surface area contributed by atoms with Crippen molar-refractivity contribution < 1.29 is 32.2 Å². The molecule has 1 unspecified atom stereocenters. The van der Waals surface area contributed by atoms with Crippen molar-refractivity contribution in [1.29, 1.82) is 0 Å². The van der Waals surface area contributed by atoms with E-state index in [2.05, 4.69) is 0 Å². The summed E-state index contributed by atoms with van der Waals surface area (Å²) in [6.07, 6.45) is -0.733. The minimum atomic E-state index is -3.43. The molecule has 1 atom stereocenters. The summed E-state index contributed by atoms with van der Waals surface area (Å²) >= 11 is 5.76. The van der Waals surface area contributed by atoms with Crippen LogP contribution in [0.3, 0.4) is 0 Å². The number of sulfone groups is 1. The monoisotopic (exact) mass is 359 g/mol. The second-order valence-electron chi connectivity index (χ2n) is 5.14. The van der Waals surface area contributed by atoms with Gasteiger partial charge >= 0.3 is 6.09 Å². The molecule has 10 heteroatoms. The van der Waals surface area contributed by atoms with Crippen LogP contribution >= 0.6 is 11.8 Å². The van der Waals surface area contributed by atoms with E-state index < -0.39 is 21.5 Å². The molecule has 130 valence electrons. The fraction of sp³-hybridized carbons (Fsp3) is 0.917. The van der Waals surface area contributed by atoms with E-state index in [9.17, 15) is 13.2 Å². The average Bonchev–Trinajstić information content (AvgIpc) is 2.69. The van der Waals surface area contributed by atoms with Crippen LogP contribution in [0.2, 0.25) is 0 Å². The van der Waals surface area contributed by atoms with Crippen molar-refractivity contribution in [2.24, 2.45) is 0 Å². The lowest BCUT2D eigenvalue weighted by molar-refractivity contribution is 0.0284. The van der Waals surface area contributed by atoms with E-state index in [4.69, 9.17) is 30.7 Å². The van der Waals surface area contributed by atoms with Gasteiger partial charge in [-0.1, -0.05) is 0 Å². The van der Waals surface area contributed by atoms with Crippen molar-refractivity contribution in [3.05, 3.63) is 0 Å². The maximum absolute atomic E-state index is 12.0. The topological polar surface area (TPSA) is 91.4 Å². The number of nitrogens with zero attached hydrogens (tertiary/aromatic N) is 1. The SMILES string of the molecule is COCCOCCOCCS(=O)(=O)CC1(C)COC(=O)N1Cl. The second-order valence-corrected chi connectivity index (χ2v) is 7.66. The van der Waals surface area contributed by atoms with Gasteiger partial charge in [0.1, 0.15) is 12.1 Å². The molecule has 1 rings (SSSR count). The number of hydrogen-bond donors (Lipinski definition) is 0. The maximum atomic E-state index is 12.0. The Kier molecular flexibility index (Phi) is 7.84. The van der Waals surface area contributed by atoms with Crippen molar-refractivity contribution in [3.63, 3.8) is 0 Å². The first kappa shape index (κ1) is 19.4. The Morgan fingerprint density at radius 1 is 1.23 bits per heavy atom. The lowest BCUT2D eigenvalue weighted by Gasteiger charge is -2.25. The third kappa shape index (κ3) is 6.25. The molecule has 0 saturated carbocycles. The number of amides is 1. The van der Waals surface area contributed by atoms with E-state index >= 15 is 0 Å². The molecule has 1 saturated heterocycles. The predicted molar refractivity (Wildman–Crippen MR) is 79.6 cm³/mol. The quantitative estimate of drug-likeness (QED) is 0.390. The van der Waals surface area contributed by atoms with Crippen LogP contribution in [-0.2, 0) is 28.8 Å². The number of ether oxygens (including phenoxy) is 4. The van der Waals surface area contributed by atoms with Gasteiger partial charge in [-0.2, -0.15) is 0 Å². The van der Waals surface area contributed by atoms with Gasteiger partial charge in [-0.3, -0.25) is 0 Å². The van der Waals surface area contributed by atoms with Crippen molar-refractivity contribution in [3.8, 4) is 0 Å². The highest BCUT2D eigenvalue weighted by molar-refractivity contribution is 7.91. The van der Waals surface area contributed by atoms with Crippen molar-refractivity contribution in [2.75, 3.05) is 58.3 Å². The standard InChI is InChI=1S/C12H22ClNO7S/c1-12(9-21-11(15)14(12)13)10-22(16,17)8-7-20-6-5-19-4-3-18-2/h3-10H2,1-2H3. The lowest BCUT2D eigenvalue weighted by Crippen LogP contribution is -2.45. The zero-order valence-electron chi connectivity index (χ0n) is 12.7. The van der Waals surface area contributed by atoms with Crippen molar-refractivity contribution >= 4 is 27.7 Å². The van der Waals surface area contributed by atoms with Crippen molar-refractivity contribution in [2.45, 2.75) is 12.5 Å². The summed E-state index contributed by atoms with van der Waals surface area (Å²) in [5.74, 6) is -0.428. The van der Waals surface area contributed by atoms with E-state index in [1.54, 1.807) is 14.0 Å². The molecule has 1 heterocycles. The molecule has 1 fully saturated rings. The van der Waals surface area contributed by atoms with Gasteiger partial charge in [-0.15, -0.1) is 0 Å². The van der Waals surface area contributed by atoms with E-state index in [-0.39, 0.29) is 24.7 Å². The third-order valence-electron chi connectivity index (χ3n) is 3.01.